The van der Waals surface area contributed by atoms with Crippen molar-refractivity contribution in [2.45, 2.75) is 24.9 Å². The first-order valence-corrected chi connectivity index (χ1v) is 9.95. The highest BCUT2D eigenvalue weighted by Crippen LogP contribution is 2.37. The number of hydrogen-bond donors (Lipinski definition) is 4. The van der Waals surface area contributed by atoms with Crippen LogP contribution in [0.5, 0.6) is 0 Å². The lowest BCUT2D eigenvalue weighted by Crippen LogP contribution is -2.38. The summed E-state index contributed by atoms with van der Waals surface area (Å²) in [4.78, 5) is 10.4. The lowest BCUT2D eigenvalue weighted by atomic mass is 9.80. The van der Waals surface area contributed by atoms with E-state index in [1.54, 1.807) is 0 Å². The summed E-state index contributed by atoms with van der Waals surface area (Å²) in [5.41, 5.74) is 18.8. The van der Waals surface area contributed by atoms with Crippen LogP contribution < -0.4 is 22.1 Å². The number of nitrogen functional groups attached to an aromatic ring is 1. The fourth-order valence-corrected chi connectivity index (χ4v) is 4.14. The number of rotatable bonds is 6. The molecule has 2 aromatic rings. The molecule has 1 atom stereocenters. The Morgan fingerprint density at radius 1 is 1.19 bits per heavy atom. The van der Waals surface area contributed by atoms with E-state index in [2.05, 4.69) is 14.9 Å². The van der Waals surface area contributed by atoms with Crippen LogP contribution in [0.2, 0.25) is 0 Å². The molecule has 1 fully saturated rings. The molecule has 31 heavy (non-hydrogen) atoms. The summed E-state index contributed by atoms with van der Waals surface area (Å²) in [6.45, 7) is 1.69. The van der Waals surface area contributed by atoms with Crippen molar-refractivity contribution in [1.29, 1.82) is 5.41 Å². The van der Waals surface area contributed by atoms with Gasteiger partial charge in [-0.1, -0.05) is 12.1 Å². The van der Waals surface area contributed by atoms with Gasteiger partial charge in [-0.3, -0.25) is 0 Å². The molecule has 7 nitrogen and oxygen atoms in total. The van der Waals surface area contributed by atoms with Crippen molar-refractivity contribution in [2.75, 3.05) is 30.3 Å². The largest absolute Gasteiger partial charge is 0.416 e. The first-order chi connectivity index (χ1) is 14.8. The van der Waals surface area contributed by atoms with Gasteiger partial charge >= 0.3 is 6.18 Å². The zero-order chi connectivity index (χ0) is 22.6. The standard InChI is InChI=1S/C21H26F3N7/c22-21(23,24)16-3-1-13(2-4-16)17(11-27)14-5-7-31(8-6-14)20-18(15(9-25)10-26)19(28)29-12-30-20/h1-4,9-10,12,14,17,25H,5-8,11,26-27H2,(H2,28,29,30). The molecule has 0 radical (unpaired) electrons. The van der Waals surface area contributed by atoms with Crippen molar-refractivity contribution in [2.24, 2.45) is 17.4 Å². The summed E-state index contributed by atoms with van der Waals surface area (Å²) in [5, 5.41) is 7.58. The molecule has 10 heteroatoms. The quantitative estimate of drug-likeness (QED) is 0.518. The highest BCUT2D eigenvalue weighted by Gasteiger charge is 2.32. The van der Waals surface area contributed by atoms with Gasteiger partial charge in [0.25, 0.3) is 0 Å². The van der Waals surface area contributed by atoms with Crippen LogP contribution in [-0.2, 0) is 6.18 Å². The Bertz CT molecular complexity index is 933. The number of nitrogens with zero attached hydrogens (tertiary/aromatic N) is 3. The highest BCUT2D eigenvalue weighted by atomic mass is 19.4. The van der Waals surface area contributed by atoms with Crippen molar-refractivity contribution >= 4 is 23.4 Å². The number of anilines is 2. The first kappa shape index (κ1) is 22.5. The predicted molar refractivity (Wildman–Crippen MR) is 116 cm³/mol. The summed E-state index contributed by atoms with van der Waals surface area (Å²) in [6.07, 6.45) is 1.01. The van der Waals surface area contributed by atoms with Gasteiger partial charge in [0.1, 0.15) is 18.0 Å². The molecule has 1 saturated heterocycles. The van der Waals surface area contributed by atoms with Crippen molar-refractivity contribution < 1.29 is 13.2 Å². The fraction of sp³-hybridized carbons (Fsp3) is 0.381. The van der Waals surface area contributed by atoms with Gasteiger partial charge in [0, 0.05) is 31.1 Å². The van der Waals surface area contributed by atoms with Gasteiger partial charge < -0.3 is 27.5 Å². The minimum atomic E-state index is -4.35. The number of halogens is 3. The van der Waals surface area contributed by atoms with Gasteiger partial charge in [-0.15, -0.1) is 0 Å². The molecule has 0 bridgehead atoms. The normalized spacial score (nSPS) is 16.9. The monoisotopic (exact) mass is 433 g/mol. The van der Waals surface area contributed by atoms with E-state index < -0.39 is 11.7 Å². The van der Waals surface area contributed by atoms with Gasteiger partial charge in [0.2, 0.25) is 0 Å². The Morgan fingerprint density at radius 3 is 2.35 bits per heavy atom. The number of allylic oxidation sites excluding steroid dienone is 1. The second kappa shape index (κ2) is 9.34. The van der Waals surface area contributed by atoms with E-state index in [-0.39, 0.29) is 17.7 Å². The van der Waals surface area contributed by atoms with Crippen LogP contribution in [0.25, 0.3) is 5.57 Å². The van der Waals surface area contributed by atoms with Crippen molar-refractivity contribution in [1.82, 2.24) is 9.97 Å². The number of aromatic nitrogens is 2. The summed E-state index contributed by atoms with van der Waals surface area (Å²) in [7, 11) is 0. The van der Waals surface area contributed by atoms with Crippen LogP contribution in [0, 0.1) is 11.3 Å². The molecule has 2 heterocycles. The number of piperidine rings is 1. The predicted octanol–water partition coefficient (Wildman–Crippen LogP) is 2.99. The van der Waals surface area contributed by atoms with Crippen LogP contribution in [-0.4, -0.2) is 35.8 Å². The number of alkyl halides is 3. The Balaban J connectivity index is 1.76. The van der Waals surface area contributed by atoms with Gasteiger partial charge in [-0.05, 0) is 48.9 Å². The minimum Gasteiger partial charge on any atom is -0.404 e. The van der Waals surface area contributed by atoms with Crippen molar-refractivity contribution in [3.63, 3.8) is 0 Å². The smallest absolute Gasteiger partial charge is 0.404 e. The molecule has 1 aromatic heterocycles. The zero-order valence-electron chi connectivity index (χ0n) is 16.9. The van der Waals surface area contributed by atoms with Crippen molar-refractivity contribution in [3.05, 3.63) is 53.5 Å². The average Bonchev–Trinajstić information content (AvgIpc) is 2.76. The van der Waals surface area contributed by atoms with E-state index in [1.807, 2.05) is 0 Å². The van der Waals surface area contributed by atoms with E-state index >= 15 is 0 Å². The molecule has 1 aliphatic heterocycles. The maximum absolute atomic E-state index is 12.9. The average molecular weight is 433 g/mol. The summed E-state index contributed by atoms with van der Waals surface area (Å²) in [6, 6.07) is 5.28. The Hall–Kier alpha value is -3.14. The molecular weight excluding hydrogens is 407 g/mol. The molecule has 1 aromatic carbocycles. The Labute approximate surface area is 178 Å². The van der Waals surface area contributed by atoms with Crippen LogP contribution >= 0.6 is 0 Å². The fourth-order valence-electron chi connectivity index (χ4n) is 4.14. The van der Waals surface area contributed by atoms with Gasteiger partial charge in [0.05, 0.1) is 11.1 Å². The van der Waals surface area contributed by atoms with E-state index in [4.69, 9.17) is 22.6 Å². The third-order valence-electron chi connectivity index (χ3n) is 5.81. The van der Waals surface area contributed by atoms with Gasteiger partial charge in [-0.25, -0.2) is 9.97 Å². The van der Waals surface area contributed by atoms with E-state index in [0.29, 0.717) is 36.6 Å². The lowest BCUT2D eigenvalue weighted by molar-refractivity contribution is -0.137. The van der Waals surface area contributed by atoms with Crippen molar-refractivity contribution in [3.8, 4) is 0 Å². The van der Waals surface area contributed by atoms with E-state index in [9.17, 15) is 13.2 Å². The summed E-state index contributed by atoms with van der Waals surface area (Å²) >= 11 is 0. The van der Waals surface area contributed by atoms with Crippen LogP contribution in [0.1, 0.15) is 35.4 Å². The molecule has 166 valence electrons. The molecule has 0 spiro atoms. The number of nitrogens with two attached hydrogens (primary N) is 3. The van der Waals surface area contributed by atoms with Gasteiger partial charge in [0.15, 0.2) is 0 Å². The molecule has 1 aliphatic rings. The molecule has 7 N–H and O–H groups in total. The number of nitrogens with one attached hydrogen (secondary N) is 1. The van der Waals surface area contributed by atoms with Crippen LogP contribution in [0.15, 0.2) is 36.8 Å². The summed E-state index contributed by atoms with van der Waals surface area (Å²) < 4.78 is 38.6. The molecule has 0 amide bonds. The third-order valence-corrected chi connectivity index (χ3v) is 5.81. The second-order valence-corrected chi connectivity index (χ2v) is 7.51. The minimum absolute atomic E-state index is 0.0274. The maximum atomic E-state index is 12.9. The van der Waals surface area contributed by atoms with E-state index in [1.165, 1.54) is 24.7 Å². The lowest BCUT2D eigenvalue weighted by Gasteiger charge is -2.37. The Kier molecular flexibility index (Phi) is 6.79. The number of benzene rings is 1. The molecule has 0 aliphatic carbocycles. The maximum Gasteiger partial charge on any atom is 0.416 e. The molecule has 0 saturated carbocycles. The summed E-state index contributed by atoms with van der Waals surface area (Å²) in [5.74, 6) is 1.07. The topological polar surface area (TPSA) is 131 Å². The van der Waals surface area contributed by atoms with Crippen LogP contribution in [0.4, 0.5) is 24.8 Å². The highest BCUT2D eigenvalue weighted by molar-refractivity contribution is 6.12. The zero-order valence-corrected chi connectivity index (χ0v) is 16.9. The number of hydrogen-bond acceptors (Lipinski definition) is 7. The van der Waals surface area contributed by atoms with Gasteiger partial charge in [-0.2, -0.15) is 13.2 Å². The Morgan fingerprint density at radius 2 is 1.84 bits per heavy atom. The van der Waals surface area contributed by atoms with Crippen LogP contribution in [0.3, 0.4) is 0 Å². The second-order valence-electron chi connectivity index (χ2n) is 7.51. The SMILES string of the molecule is N=CC(=CN)c1c(N)ncnc1N1CCC(C(CN)c2ccc(C(F)(F)F)cc2)CC1. The molecular formula is C21H26F3N7. The molecule has 1 unspecified atom stereocenters. The first-order valence-electron chi connectivity index (χ1n) is 9.95. The molecule has 3 rings (SSSR count). The van der Waals surface area contributed by atoms with E-state index in [0.717, 1.165) is 36.8 Å². The third kappa shape index (κ3) is 4.79.